The third kappa shape index (κ3) is 2.98. The Morgan fingerprint density at radius 3 is 2.86 bits per heavy atom. The van der Waals surface area contributed by atoms with Crippen LogP contribution in [0.15, 0.2) is 24.5 Å². The lowest BCUT2D eigenvalue weighted by Gasteiger charge is -2.12. The summed E-state index contributed by atoms with van der Waals surface area (Å²) in [5, 5.41) is 6.39. The summed E-state index contributed by atoms with van der Waals surface area (Å²) in [4.78, 5) is 16.2. The molecule has 1 amide bonds. The number of nitrogens with zero attached hydrogens (tertiary/aromatic N) is 3. The summed E-state index contributed by atoms with van der Waals surface area (Å²) < 4.78 is 27.0. The van der Waals surface area contributed by atoms with Gasteiger partial charge in [-0.05, 0) is 31.4 Å². The van der Waals surface area contributed by atoms with Crippen LogP contribution in [-0.2, 0) is 11.2 Å². The molecule has 5 nitrogen and oxygen atoms in total. The maximum atomic E-state index is 13.2. The summed E-state index contributed by atoms with van der Waals surface area (Å²) in [5.41, 5.74) is 1.96. The molecule has 7 heteroatoms. The Kier molecular flexibility index (Phi) is 4.13. The van der Waals surface area contributed by atoms with E-state index >= 15 is 0 Å². The first-order valence-corrected chi connectivity index (χ1v) is 7.26. The Morgan fingerprint density at radius 2 is 2.05 bits per heavy atom. The van der Waals surface area contributed by atoms with E-state index in [-0.39, 0.29) is 11.6 Å². The lowest BCUT2D eigenvalue weighted by Crippen LogP contribution is -2.12. The monoisotopic (exact) mass is 306 g/mol. The molecule has 0 aliphatic carbocycles. The van der Waals surface area contributed by atoms with Crippen molar-refractivity contribution in [1.82, 2.24) is 14.8 Å². The van der Waals surface area contributed by atoms with Crippen molar-refractivity contribution in [3.63, 3.8) is 0 Å². The molecule has 3 heterocycles. The van der Waals surface area contributed by atoms with Gasteiger partial charge in [0.1, 0.15) is 0 Å². The van der Waals surface area contributed by atoms with Gasteiger partial charge in [-0.15, -0.1) is 0 Å². The van der Waals surface area contributed by atoms with E-state index in [1.807, 2.05) is 0 Å². The highest BCUT2D eigenvalue weighted by Gasteiger charge is 2.21. The predicted molar refractivity (Wildman–Crippen MR) is 77.5 cm³/mol. The zero-order valence-corrected chi connectivity index (χ0v) is 11.9. The topological polar surface area (TPSA) is 59.8 Å². The smallest absolute Gasteiger partial charge is 0.323 e. The van der Waals surface area contributed by atoms with E-state index in [2.05, 4.69) is 15.4 Å². The Balaban J connectivity index is 2.11. The Morgan fingerprint density at radius 1 is 1.23 bits per heavy atom. The molecule has 0 saturated carbocycles. The summed E-state index contributed by atoms with van der Waals surface area (Å²) in [6.45, 7) is -2.77. The summed E-state index contributed by atoms with van der Waals surface area (Å²) in [5.74, 6) is -0.176. The van der Waals surface area contributed by atoms with Gasteiger partial charge in [-0.2, -0.15) is 13.9 Å². The summed E-state index contributed by atoms with van der Waals surface area (Å²) >= 11 is 0. The van der Waals surface area contributed by atoms with E-state index in [1.54, 1.807) is 18.3 Å². The number of aromatic nitrogens is 3. The maximum absolute atomic E-state index is 13.2. The van der Waals surface area contributed by atoms with Crippen LogP contribution in [0.5, 0.6) is 0 Å². The molecule has 0 atom stereocenters. The van der Waals surface area contributed by atoms with Gasteiger partial charge < -0.3 is 5.32 Å². The lowest BCUT2D eigenvalue weighted by molar-refractivity contribution is -0.116. The number of halogens is 2. The van der Waals surface area contributed by atoms with E-state index in [1.165, 1.54) is 6.20 Å². The molecule has 22 heavy (non-hydrogen) atoms. The van der Waals surface area contributed by atoms with E-state index in [4.69, 9.17) is 0 Å². The van der Waals surface area contributed by atoms with Crippen molar-refractivity contribution < 1.29 is 13.6 Å². The van der Waals surface area contributed by atoms with Gasteiger partial charge in [0.15, 0.2) is 0 Å². The molecule has 2 aromatic rings. The van der Waals surface area contributed by atoms with Gasteiger partial charge in [0, 0.05) is 23.9 Å². The van der Waals surface area contributed by atoms with Gasteiger partial charge in [0.05, 0.1) is 17.6 Å². The number of anilines is 1. The van der Waals surface area contributed by atoms with Gasteiger partial charge in [-0.1, -0.05) is 6.42 Å². The largest absolute Gasteiger partial charge is 0.333 e. The van der Waals surface area contributed by atoms with Crippen molar-refractivity contribution in [2.24, 2.45) is 0 Å². The van der Waals surface area contributed by atoms with Gasteiger partial charge in [0.2, 0.25) is 5.91 Å². The van der Waals surface area contributed by atoms with Crippen LogP contribution in [0.3, 0.4) is 0 Å². The molecule has 0 spiro atoms. The minimum atomic E-state index is -2.77. The number of carbonyl (C=O) groups is 1. The summed E-state index contributed by atoms with van der Waals surface area (Å²) in [6, 6.07) is 3.44. The van der Waals surface area contributed by atoms with Crippen LogP contribution >= 0.6 is 0 Å². The average Bonchev–Trinajstić information content (AvgIpc) is 2.90. The molecular formula is C15H16F2N4O. The summed E-state index contributed by atoms with van der Waals surface area (Å²) in [7, 11) is 0. The molecule has 0 unspecified atom stereocenters. The number of pyridine rings is 1. The van der Waals surface area contributed by atoms with Gasteiger partial charge in [-0.3, -0.25) is 9.78 Å². The molecule has 2 aromatic heterocycles. The lowest BCUT2D eigenvalue weighted by atomic mass is 10.1. The molecular weight excluding hydrogens is 290 g/mol. The number of alkyl halides is 2. The molecule has 1 N–H and O–H groups in total. The van der Waals surface area contributed by atoms with E-state index in [9.17, 15) is 13.6 Å². The zero-order valence-electron chi connectivity index (χ0n) is 11.9. The van der Waals surface area contributed by atoms with Crippen molar-refractivity contribution in [3.8, 4) is 11.3 Å². The van der Waals surface area contributed by atoms with E-state index in [0.717, 1.165) is 31.4 Å². The number of rotatable bonds is 1. The third-order valence-corrected chi connectivity index (χ3v) is 3.68. The fraction of sp³-hybridized carbons (Fsp3) is 0.400. The number of carbonyl (C=O) groups excluding carboxylic acids is 1. The fourth-order valence-corrected chi connectivity index (χ4v) is 2.63. The Labute approximate surface area is 126 Å². The normalized spacial score (nSPS) is 15.7. The van der Waals surface area contributed by atoms with Crippen LogP contribution in [0.1, 0.15) is 37.9 Å². The standard InChI is InChI=1S/C15H16F2N4O/c16-15(17)21-14-10-6-7-18-11(8-10)4-2-1-3-5-13(22)20-12(14)9-19-21/h6-9,15H,1-5H2,(H,20,22). The van der Waals surface area contributed by atoms with Gasteiger partial charge in [0.25, 0.3) is 0 Å². The number of nitrogens with one attached hydrogen (secondary N) is 1. The first kappa shape index (κ1) is 14.6. The predicted octanol–water partition coefficient (Wildman–Crippen LogP) is 3.40. The van der Waals surface area contributed by atoms with Crippen molar-refractivity contribution >= 4 is 11.6 Å². The van der Waals surface area contributed by atoms with E-state index in [0.29, 0.717) is 22.4 Å². The second-order valence-corrected chi connectivity index (χ2v) is 5.27. The maximum Gasteiger partial charge on any atom is 0.333 e. The van der Waals surface area contributed by atoms with Crippen LogP contribution < -0.4 is 5.32 Å². The van der Waals surface area contributed by atoms with Crippen LogP contribution in [0, 0.1) is 0 Å². The van der Waals surface area contributed by atoms with Crippen molar-refractivity contribution in [2.75, 3.05) is 5.32 Å². The Bertz CT molecular complexity index is 684. The number of hydrogen-bond acceptors (Lipinski definition) is 3. The average molecular weight is 306 g/mol. The molecule has 0 aromatic carbocycles. The van der Waals surface area contributed by atoms with Crippen LogP contribution in [0.2, 0.25) is 0 Å². The molecule has 0 saturated heterocycles. The minimum absolute atomic E-state index is 0.176. The zero-order chi connectivity index (χ0) is 15.5. The SMILES string of the molecule is O=C1CCCCCc2cc(ccn2)-c2c(cnn2C(F)F)N1. The number of fused-ring (bicyclic) bond motifs is 4. The first-order valence-electron chi connectivity index (χ1n) is 7.26. The number of aryl methyl sites for hydroxylation is 1. The van der Waals surface area contributed by atoms with E-state index < -0.39 is 6.55 Å². The first-order chi connectivity index (χ1) is 10.6. The Hall–Kier alpha value is -2.31. The second kappa shape index (κ2) is 6.21. The number of hydrogen-bond donors (Lipinski definition) is 1. The molecule has 116 valence electrons. The van der Waals surface area contributed by atoms with Gasteiger partial charge in [-0.25, -0.2) is 4.68 Å². The molecule has 3 rings (SSSR count). The fourth-order valence-electron chi connectivity index (χ4n) is 2.63. The highest BCUT2D eigenvalue weighted by Crippen LogP contribution is 2.32. The number of amides is 1. The van der Waals surface area contributed by atoms with Crippen LogP contribution in [0.25, 0.3) is 11.3 Å². The quantitative estimate of drug-likeness (QED) is 0.878. The van der Waals surface area contributed by atoms with Crippen molar-refractivity contribution in [3.05, 3.63) is 30.2 Å². The molecule has 1 aliphatic heterocycles. The minimum Gasteiger partial charge on any atom is -0.323 e. The molecule has 1 aliphatic rings. The highest BCUT2D eigenvalue weighted by atomic mass is 19.3. The van der Waals surface area contributed by atoms with Crippen molar-refractivity contribution in [2.45, 2.75) is 38.7 Å². The molecule has 0 fully saturated rings. The summed E-state index contributed by atoms with van der Waals surface area (Å²) in [6.07, 6.45) is 6.64. The van der Waals surface area contributed by atoms with Crippen LogP contribution in [-0.4, -0.2) is 20.7 Å². The highest BCUT2D eigenvalue weighted by molar-refractivity contribution is 5.94. The van der Waals surface area contributed by atoms with Gasteiger partial charge >= 0.3 is 6.55 Å². The van der Waals surface area contributed by atoms with Crippen LogP contribution in [0.4, 0.5) is 14.5 Å². The van der Waals surface area contributed by atoms with Crippen molar-refractivity contribution in [1.29, 1.82) is 0 Å². The third-order valence-electron chi connectivity index (χ3n) is 3.68. The molecule has 2 bridgehead atoms. The second-order valence-electron chi connectivity index (χ2n) is 5.27. The molecule has 0 radical (unpaired) electrons.